The summed E-state index contributed by atoms with van der Waals surface area (Å²) in [7, 11) is 0. The van der Waals surface area contributed by atoms with Gasteiger partial charge in [0.05, 0.1) is 12.3 Å². The van der Waals surface area contributed by atoms with Crippen LogP contribution in [0.25, 0.3) is 0 Å². The normalized spacial score (nSPS) is 12.7. The minimum Gasteiger partial charge on any atom is -0.481 e. The first-order chi connectivity index (χ1) is 9.57. The lowest BCUT2D eigenvalue weighted by molar-refractivity contribution is -0.148. The van der Waals surface area contributed by atoms with Crippen LogP contribution in [0.15, 0.2) is 12.2 Å². The summed E-state index contributed by atoms with van der Waals surface area (Å²) in [6.07, 6.45) is 13.4. The highest BCUT2D eigenvalue weighted by atomic mass is 16.4. The van der Waals surface area contributed by atoms with Crippen molar-refractivity contribution < 1.29 is 19.8 Å². The molecular formula is C16H28O4. The quantitative estimate of drug-likeness (QED) is 0.391. The summed E-state index contributed by atoms with van der Waals surface area (Å²) in [5.74, 6) is -2.80. The SMILES string of the molecule is CCCCCCC/C=C/CCCC(CC(=O)O)C(=O)O. The summed E-state index contributed by atoms with van der Waals surface area (Å²) >= 11 is 0. The molecule has 20 heavy (non-hydrogen) atoms. The second kappa shape index (κ2) is 12.7. The zero-order chi connectivity index (χ0) is 15.2. The molecule has 0 saturated heterocycles. The molecule has 2 N–H and O–H groups in total. The minimum atomic E-state index is -1.04. The van der Waals surface area contributed by atoms with Crippen molar-refractivity contribution in [1.82, 2.24) is 0 Å². The average Bonchev–Trinajstić information content (AvgIpc) is 2.39. The molecule has 0 bridgehead atoms. The van der Waals surface area contributed by atoms with E-state index in [0.29, 0.717) is 6.42 Å². The monoisotopic (exact) mass is 284 g/mol. The van der Waals surface area contributed by atoms with Gasteiger partial charge in [-0.2, -0.15) is 0 Å². The van der Waals surface area contributed by atoms with Gasteiger partial charge in [0.15, 0.2) is 0 Å². The van der Waals surface area contributed by atoms with Crippen molar-refractivity contribution in [2.45, 2.75) is 71.1 Å². The standard InChI is InChI=1S/C16H28O4/c1-2-3-4-5-6-7-8-9-10-11-12-14(16(19)20)13-15(17)18/h8-9,14H,2-7,10-13H2,1H3,(H,17,18)(H,19,20)/b9-8+. The van der Waals surface area contributed by atoms with Gasteiger partial charge in [0, 0.05) is 0 Å². The largest absolute Gasteiger partial charge is 0.481 e. The number of rotatable bonds is 13. The molecule has 0 amide bonds. The number of unbranched alkanes of at least 4 members (excludes halogenated alkanes) is 6. The number of aliphatic carboxylic acids is 2. The Morgan fingerprint density at radius 3 is 2.10 bits per heavy atom. The van der Waals surface area contributed by atoms with Crippen LogP contribution in [-0.4, -0.2) is 22.2 Å². The van der Waals surface area contributed by atoms with Crippen LogP contribution in [0.1, 0.15) is 71.1 Å². The third-order valence-electron chi connectivity index (χ3n) is 3.33. The molecule has 0 aliphatic heterocycles. The molecule has 0 rings (SSSR count). The van der Waals surface area contributed by atoms with Gasteiger partial charge in [-0.05, 0) is 32.1 Å². The Balaban J connectivity index is 3.57. The molecule has 0 aliphatic carbocycles. The average molecular weight is 284 g/mol. The molecule has 1 unspecified atom stereocenters. The van der Waals surface area contributed by atoms with E-state index in [0.717, 1.165) is 19.3 Å². The Hall–Kier alpha value is -1.32. The van der Waals surface area contributed by atoms with Crippen molar-refractivity contribution in [3.8, 4) is 0 Å². The van der Waals surface area contributed by atoms with E-state index in [1.807, 2.05) is 0 Å². The van der Waals surface area contributed by atoms with Crippen LogP contribution < -0.4 is 0 Å². The molecule has 0 fully saturated rings. The number of hydrogen-bond acceptors (Lipinski definition) is 2. The van der Waals surface area contributed by atoms with E-state index in [2.05, 4.69) is 19.1 Å². The predicted octanol–water partition coefficient (Wildman–Crippen LogP) is 4.25. The molecule has 0 aromatic carbocycles. The van der Waals surface area contributed by atoms with Crippen molar-refractivity contribution in [2.75, 3.05) is 0 Å². The van der Waals surface area contributed by atoms with E-state index < -0.39 is 17.9 Å². The maximum absolute atomic E-state index is 10.8. The molecule has 0 aromatic heterocycles. The highest BCUT2D eigenvalue weighted by Gasteiger charge is 2.19. The Kier molecular flexibility index (Phi) is 11.9. The summed E-state index contributed by atoms with van der Waals surface area (Å²) in [6.45, 7) is 2.20. The Morgan fingerprint density at radius 1 is 0.950 bits per heavy atom. The van der Waals surface area contributed by atoms with Crippen molar-refractivity contribution in [2.24, 2.45) is 5.92 Å². The summed E-state index contributed by atoms with van der Waals surface area (Å²) in [5, 5.41) is 17.5. The van der Waals surface area contributed by atoms with Crippen LogP contribution in [0, 0.1) is 5.92 Å². The Morgan fingerprint density at radius 2 is 1.55 bits per heavy atom. The highest BCUT2D eigenvalue weighted by Crippen LogP contribution is 2.14. The van der Waals surface area contributed by atoms with Gasteiger partial charge in [-0.15, -0.1) is 0 Å². The first kappa shape index (κ1) is 18.7. The van der Waals surface area contributed by atoms with E-state index in [4.69, 9.17) is 10.2 Å². The zero-order valence-corrected chi connectivity index (χ0v) is 12.5. The van der Waals surface area contributed by atoms with Gasteiger partial charge in [-0.1, -0.05) is 44.8 Å². The van der Waals surface area contributed by atoms with Crippen LogP contribution >= 0.6 is 0 Å². The summed E-state index contributed by atoms with van der Waals surface area (Å²) in [4.78, 5) is 21.4. The van der Waals surface area contributed by atoms with E-state index in [9.17, 15) is 9.59 Å². The van der Waals surface area contributed by atoms with Gasteiger partial charge in [0.2, 0.25) is 0 Å². The smallest absolute Gasteiger partial charge is 0.307 e. The van der Waals surface area contributed by atoms with Crippen molar-refractivity contribution in [3.05, 3.63) is 12.2 Å². The summed E-state index contributed by atoms with van der Waals surface area (Å²) < 4.78 is 0. The number of carbonyl (C=O) groups is 2. The fourth-order valence-corrected chi connectivity index (χ4v) is 2.11. The molecular weight excluding hydrogens is 256 g/mol. The lowest BCUT2D eigenvalue weighted by Crippen LogP contribution is -2.17. The van der Waals surface area contributed by atoms with Crippen LogP contribution in [-0.2, 0) is 9.59 Å². The number of carboxylic acids is 2. The van der Waals surface area contributed by atoms with Crippen LogP contribution in [0.5, 0.6) is 0 Å². The molecule has 116 valence electrons. The first-order valence-corrected chi connectivity index (χ1v) is 7.67. The molecule has 0 saturated carbocycles. The van der Waals surface area contributed by atoms with Gasteiger partial charge < -0.3 is 10.2 Å². The second-order valence-electron chi connectivity index (χ2n) is 5.24. The van der Waals surface area contributed by atoms with Crippen molar-refractivity contribution >= 4 is 11.9 Å². The molecule has 4 heteroatoms. The van der Waals surface area contributed by atoms with Gasteiger partial charge in [0.1, 0.15) is 0 Å². The maximum atomic E-state index is 10.8. The molecule has 4 nitrogen and oxygen atoms in total. The minimum absolute atomic E-state index is 0.281. The predicted molar refractivity (Wildman–Crippen MR) is 79.7 cm³/mol. The van der Waals surface area contributed by atoms with Crippen molar-refractivity contribution in [1.29, 1.82) is 0 Å². The Bertz CT molecular complexity index is 297. The lowest BCUT2D eigenvalue weighted by Gasteiger charge is -2.08. The fourth-order valence-electron chi connectivity index (χ4n) is 2.11. The highest BCUT2D eigenvalue weighted by molar-refractivity contribution is 5.77. The van der Waals surface area contributed by atoms with E-state index >= 15 is 0 Å². The van der Waals surface area contributed by atoms with Crippen LogP contribution in [0.3, 0.4) is 0 Å². The topological polar surface area (TPSA) is 74.6 Å². The van der Waals surface area contributed by atoms with Crippen molar-refractivity contribution in [3.63, 3.8) is 0 Å². The maximum Gasteiger partial charge on any atom is 0.307 e. The van der Waals surface area contributed by atoms with Gasteiger partial charge in [-0.25, -0.2) is 0 Å². The van der Waals surface area contributed by atoms with Crippen LogP contribution in [0.4, 0.5) is 0 Å². The molecule has 1 atom stereocenters. The fraction of sp³-hybridized carbons (Fsp3) is 0.750. The third-order valence-corrected chi connectivity index (χ3v) is 3.33. The van der Waals surface area contributed by atoms with Gasteiger partial charge >= 0.3 is 11.9 Å². The lowest BCUT2D eigenvalue weighted by atomic mass is 9.98. The second-order valence-corrected chi connectivity index (χ2v) is 5.24. The Labute approximate surface area is 121 Å². The van der Waals surface area contributed by atoms with Gasteiger partial charge in [0.25, 0.3) is 0 Å². The first-order valence-electron chi connectivity index (χ1n) is 7.67. The molecule has 0 radical (unpaired) electrons. The third kappa shape index (κ3) is 11.8. The van der Waals surface area contributed by atoms with Crippen LogP contribution in [0.2, 0.25) is 0 Å². The number of hydrogen-bond donors (Lipinski definition) is 2. The molecule has 0 aliphatic rings. The van der Waals surface area contributed by atoms with Gasteiger partial charge in [-0.3, -0.25) is 9.59 Å². The molecule has 0 spiro atoms. The molecule has 0 aromatic rings. The zero-order valence-electron chi connectivity index (χ0n) is 12.5. The van der Waals surface area contributed by atoms with E-state index in [1.165, 1.54) is 32.1 Å². The number of carboxylic acid groups (broad SMARTS) is 2. The summed E-state index contributed by atoms with van der Waals surface area (Å²) in [5.41, 5.74) is 0. The number of allylic oxidation sites excluding steroid dienone is 2. The summed E-state index contributed by atoms with van der Waals surface area (Å²) in [6, 6.07) is 0. The molecule has 0 heterocycles. The van der Waals surface area contributed by atoms with E-state index in [-0.39, 0.29) is 6.42 Å². The van der Waals surface area contributed by atoms with E-state index in [1.54, 1.807) is 0 Å².